The highest BCUT2D eigenvalue weighted by atomic mass is 32.2. The summed E-state index contributed by atoms with van der Waals surface area (Å²) in [5.41, 5.74) is 1.96. The average Bonchev–Trinajstić information content (AvgIpc) is 2.72. The molecule has 2 aromatic rings. The summed E-state index contributed by atoms with van der Waals surface area (Å²) in [6.45, 7) is 1.10. The molecule has 0 aliphatic carbocycles. The smallest absolute Gasteiger partial charge is 0.237 e. The van der Waals surface area contributed by atoms with Crippen LogP contribution in [-0.4, -0.2) is 51.2 Å². The number of nitrogens with zero attached hydrogens (tertiary/aromatic N) is 1. The van der Waals surface area contributed by atoms with Crippen LogP contribution in [0.25, 0.3) is 0 Å². The molecule has 1 N–H and O–H groups in total. The van der Waals surface area contributed by atoms with Gasteiger partial charge in [0.2, 0.25) is 15.9 Å². The van der Waals surface area contributed by atoms with Gasteiger partial charge in [0, 0.05) is 6.54 Å². The monoisotopic (exact) mass is 388 g/mol. The first-order valence-corrected chi connectivity index (χ1v) is 10.6. The molecule has 0 bridgehead atoms. The van der Waals surface area contributed by atoms with Gasteiger partial charge >= 0.3 is 0 Å². The summed E-state index contributed by atoms with van der Waals surface area (Å²) in [5, 5.41) is 0. The normalized spacial score (nSPS) is 17.6. The van der Waals surface area contributed by atoms with E-state index < -0.39 is 10.0 Å². The number of aryl methyl sites for hydroxylation is 1. The van der Waals surface area contributed by atoms with E-state index in [0.29, 0.717) is 26.1 Å². The third kappa shape index (κ3) is 5.89. The first kappa shape index (κ1) is 19.5. The van der Waals surface area contributed by atoms with E-state index in [1.807, 2.05) is 60.7 Å². The highest BCUT2D eigenvalue weighted by molar-refractivity contribution is 7.89. The maximum Gasteiger partial charge on any atom is 0.237 e. The van der Waals surface area contributed by atoms with E-state index in [1.165, 1.54) is 0 Å². The fourth-order valence-electron chi connectivity index (χ4n) is 3.00. The van der Waals surface area contributed by atoms with Crippen LogP contribution in [0, 0.1) is 0 Å². The number of benzene rings is 2. The van der Waals surface area contributed by atoms with Crippen molar-refractivity contribution in [2.75, 3.05) is 32.0 Å². The molecule has 1 heterocycles. The molecule has 6 nitrogen and oxygen atoms in total. The van der Waals surface area contributed by atoms with Crippen molar-refractivity contribution >= 4 is 15.9 Å². The van der Waals surface area contributed by atoms with Gasteiger partial charge in [-0.05, 0) is 17.5 Å². The van der Waals surface area contributed by atoms with Crippen molar-refractivity contribution in [2.45, 2.75) is 12.5 Å². The quantitative estimate of drug-likeness (QED) is 0.784. The molecule has 1 amide bonds. The van der Waals surface area contributed by atoms with Crippen LogP contribution >= 0.6 is 0 Å². The molecular formula is C20H24N2O4S. The van der Waals surface area contributed by atoms with Gasteiger partial charge in [0.1, 0.15) is 6.10 Å². The molecule has 0 aromatic heterocycles. The Bertz CT molecular complexity index is 841. The molecule has 0 spiro atoms. The zero-order chi connectivity index (χ0) is 19.1. The van der Waals surface area contributed by atoms with Crippen LogP contribution in [0.3, 0.4) is 0 Å². The van der Waals surface area contributed by atoms with Crippen molar-refractivity contribution in [3.8, 4) is 0 Å². The predicted molar refractivity (Wildman–Crippen MR) is 104 cm³/mol. The minimum Gasteiger partial charge on any atom is -0.370 e. The van der Waals surface area contributed by atoms with E-state index in [-0.39, 0.29) is 24.3 Å². The molecule has 0 saturated carbocycles. The Morgan fingerprint density at radius 1 is 1.07 bits per heavy atom. The lowest BCUT2D eigenvalue weighted by molar-refractivity contribution is -0.137. The summed E-state index contributed by atoms with van der Waals surface area (Å²) in [6, 6.07) is 19.1. The lowest BCUT2D eigenvalue weighted by Crippen LogP contribution is -2.46. The van der Waals surface area contributed by atoms with Gasteiger partial charge in [0.05, 0.1) is 25.4 Å². The van der Waals surface area contributed by atoms with Gasteiger partial charge in [-0.3, -0.25) is 4.79 Å². The summed E-state index contributed by atoms with van der Waals surface area (Å²) in [5.74, 6) is -0.275. The molecule has 0 radical (unpaired) electrons. The van der Waals surface area contributed by atoms with E-state index in [4.69, 9.17) is 4.74 Å². The maximum absolute atomic E-state index is 12.4. The van der Waals surface area contributed by atoms with Crippen molar-refractivity contribution in [1.29, 1.82) is 0 Å². The number of hydrogen-bond donors (Lipinski definition) is 1. The summed E-state index contributed by atoms with van der Waals surface area (Å²) < 4.78 is 32.5. The number of carbonyl (C=O) groups is 1. The fourth-order valence-corrected chi connectivity index (χ4v) is 3.99. The summed E-state index contributed by atoms with van der Waals surface area (Å²) in [7, 11) is -3.51. The van der Waals surface area contributed by atoms with Gasteiger partial charge in [-0.15, -0.1) is 0 Å². The summed E-state index contributed by atoms with van der Waals surface area (Å²) in [6.07, 6.45) is 0.233. The second-order valence-electron chi connectivity index (χ2n) is 6.49. The highest BCUT2D eigenvalue weighted by Crippen LogP contribution is 2.21. The van der Waals surface area contributed by atoms with E-state index in [9.17, 15) is 13.2 Å². The number of nitrogens with one attached hydrogen (secondary N) is 1. The third-order valence-electron chi connectivity index (χ3n) is 4.54. The van der Waals surface area contributed by atoms with Gasteiger partial charge in [-0.25, -0.2) is 13.1 Å². The van der Waals surface area contributed by atoms with Gasteiger partial charge in [-0.2, -0.15) is 0 Å². The largest absolute Gasteiger partial charge is 0.370 e. The van der Waals surface area contributed by atoms with Crippen molar-refractivity contribution in [2.24, 2.45) is 0 Å². The van der Waals surface area contributed by atoms with E-state index in [2.05, 4.69) is 4.72 Å². The van der Waals surface area contributed by atoms with Gasteiger partial charge in [0.25, 0.3) is 0 Å². The van der Waals surface area contributed by atoms with Crippen molar-refractivity contribution in [3.63, 3.8) is 0 Å². The molecule has 1 saturated heterocycles. The van der Waals surface area contributed by atoms with Crippen molar-refractivity contribution in [1.82, 2.24) is 9.62 Å². The molecule has 1 aliphatic rings. The second kappa shape index (κ2) is 9.12. The predicted octanol–water partition coefficient (Wildman–Crippen LogP) is 1.75. The first-order valence-electron chi connectivity index (χ1n) is 8.99. The number of morpholine rings is 1. The van der Waals surface area contributed by atoms with Crippen LogP contribution in [0.1, 0.15) is 17.2 Å². The van der Waals surface area contributed by atoms with Crippen molar-refractivity contribution < 1.29 is 17.9 Å². The van der Waals surface area contributed by atoms with Crippen molar-refractivity contribution in [3.05, 3.63) is 71.8 Å². The topological polar surface area (TPSA) is 75.7 Å². The fraction of sp³-hybridized carbons (Fsp3) is 0.350. The van der Waals surface area contributed by atoms with Gasteiger partial charge < -0.3 is 9.64 Å². The lowest BCUT2D eigenvalue weighted by atomic mass is 10.1. The number of amides is 1. The lowest BCUT2D eigenvalue weighted by Gasteiger charge is -2.33. The Morgan fingerprint density at radius 2 is 1.74 bits per heavy atom. The number of sulfonamides is 1. The van der Waals surface area contributed by atoms with Crippen LogP contribution in [0.2, 0.25) is 0 Å². The molecule has 1 atom stereocenters. The van der Waals surface area contributed by atoms with E-state index >= 15 is 0 Å². The Labute approximate surface area is 160 Å². The summed E-state index contributed by atoms with van der Waals surface area (Å²) >= 11 is 0. The standard InChI is InChI=1S/C20H24N2O4S/c23-20(15-21-27(24,25)14-11-17-7-3-1-4-8-17)22-12-13-26-19(16-22)18-9-5-2-6-10-18/h1-10,19,21H,11-16H2/t19-/m1/s1. The zero-order valence-corrected chi connectivity index (χ0v) is 15.9. The number of rotatable bonds is 7. The molecule has 7 heteroatoms. The van der Waals surface area contributed by atoms with Crippen LogP contribution in [0.15, 0.2) is 60.7 Å². The summed E-state index contributed by atoms with van der Waals surface area (Å²) in [4.78, 5) is 14.1. The zero-order valence-electron chi connectivity index (χ0n) is 15.1. The Hall–Kier alpha value is -2.22. The number of hydrogen-bond acceptors (Lipinski definition) is 4. The molecule has 1 aliphatic heterocycles. The highest BCUT2D eigenvalue weighted by Gasteiger charge is 2.26. The third-order valence-corrected chi connectivity index (χ3v) is 5.86. The number of ether oxygens (including phenoxy) is 1. The second-order valence-corrected chi connectivity index (χ2v) is 8.41. The molecule has 0 unspecified atom stereocenters. The van der Waals surface area contributed by atoms with E-state index in [0.717, 1.165) is 11.1 Å². The Kier molecular flexibility index (Phi) is 6.60. The molecule has 27 heavy (non-hydrogen) atoms. The van der Waals surface area contributed by atoms with Gasteiger partial charge in [-0.1, -0.05) is 60.7 Å². The van der Waals surface area contributed by atoms with Crippen LogP contribution in [0.4, 0.5) is 0 Å². The minimum absolute atomic E-state index is 0.0416. The molecule has 3 rings (SSSR count). The number of carbonyl (C=O) groups excluding carboxylic acids is 1. The van der Waals surface area contributed by atoms with Crippen LogP contribution in [-0.2, 0) is 26.0 Å². The Balaban J connectivity index is 1.49. The maximum atomic E-state index is 12.4. The van der Waals surface area contributed by atoms with Gasteiger partial charge in [0.15, 0.2) is 0 Å². The van der Waals surface area contributed by atoms with E-state index in [1.54, 1.807) is 4.90 Å². The van der Waals surface area contributed by atoms with Crippen LogP contribution in [0.5, 0.6) is 0 Å². The SMILES string of the molecule is O=C(CNS(=O)(=O)CCc1ccccc1)N1CCO[C@@H](c2ccccc2)C1. The molecule has 1 fully saturated rings. The molecule has 144 valence electrons. The first-order chi connectivity index (χ1) is 13.0. The molecule has 2 aromatic carbocycles. The average molecular weight is 388 g/mol. The molecular weight excluding hydrogens is 364 g/mol. The Morgan fingerprint density at radius 3 is 2.44 bits per heavy atom. The minimum atomic E-state index is -3.51. The van der Waals surface area contributed by atoms with Crippen LogP contribution < -0.4 is 4.72 Å².